The first-order valence-electron chi connectivity index (χ1n) is 9.43. The Hall–Kier alpha value is -1.76. The van der Waals surface area contributed by atoms with Gasteiger partial charge in [0, 0.05) is 11.4 Å². The van der Waals surface area contributed by atoms with Crippen molar-refractivity contribution in [1.29, 1.82) is 0 Å². The minimum absolute atomic E-state index is 0.778. The van der Waals surface area contributed by atoms with Crippen molar-refractivity contribution >= 4 is 11.4 Å². The molecule has 2 aromatic carbocycles. The van der Waals surface area contributed by atoms with E-state index in [0.29, 0.717) is 0 Å². The molecule has 1 aliphatic rings. The van der Waals surface area contributed by atoms with E-state index in [1.165, 1.54) is 76.9 Å². The lowest BCUT2D eigenvalue weighted by atomic mass is 9.84. The van der Waals surface area contributed by atoms with Crippen LogP contribution in [0.15, 0.2) is 24.3 Å². The Morgan fingerprint density at radius 3 is 1.71 bits per heavy atom. The maximum atomic E-state index is 3.68. The van der Waals surface area contributed by atoms with Crippen molar-refractivity contribution in [1.82, 2.24) is 0 Å². The fourth-order valence-electron chi connectivity index (χ4n) is 4.11. The Bertz CT molecular complexity index is 690. The highest BCUT2D eigenvalue weighted by Gasteiger charge is 2.16. The molecule has 0 aliphatic heterocycles. The second-order valence-electron chi connectivity index (χ2n) is 7.58. The van der Waals surface area contributed by atoms with Crippen LogP contribution in [0.3, 0.4) is 0 Å². The first-order valence-corrected chi connectivity index (χ1v) is 9.43. The van der Waals surface area contributed by atoms with Crippen LogP contribution >= 0.6 is 0 Å². The van der Waals surface area contributed by atoms with Crippen molar-refractivity contribution in [3.05, 3.63) is 57.6 Å². The molecular formula is C23H31N. The van der Waals surface area contributed by atoms with E-state index in [4.69, 9.17) is 0 Å². The quantitative estimate of drug-likeness (QED) is 0.640. The topological polar surface area (TPSA) is 12.0 Å². The van der Waals surface area contributed by atoms with Gasteiger partial charge in [0.2, 0.25) is 0 Å². The molecule has 0 radical (unpaired) electrons. The number of benzene rings is 2. The largest absolute Gasteiger partial charge is 0.355 e. The standard InChI is InChI=1S/C23H31N/c1-15-16(2)18(4)23(19(5)17(15)3)24-22-13-11-21(12-14-22)20-9-7-6-8-10-20/h11-14,20,24H,6-10H2,1-5H3. The number of nitrogens with one attached hydrogen (secondary N) is 1. The van der Waals surface area contributed by atoms with Crippen LogP contribution in [-0.2, 0) is 0 Å². The summed E-state index contributed by atoms with van der Waals surface area (Å²) in [6.45, 7) is 11.2. The van der Waals surface area contributed by atoms with Gasteiger partial charge in [0.1, 0.15) is 0 Å². The fourth-order valence-corrected chi connectivity index (χ4v) is 4.11. The minimum Gasteiger partial charge on any atom is -0.355 e. The van der Waals surface area contributed by atoms with Crippen molar-refractivity contribution < 1.29 is 0 Å². The second kappa shape index (κ2) is 7.01. The SMILES string of the molecule is Cc1c(C)c(C)c(Nc2ccc(C3CCCCC3)cc2)c(C)c1C. The van der Waals surface area contributed by atoms with E-state index in [1.54, 1.807) is 0 Å². The molecule has 0 saturated heterocycles. The lowest BCUT2D eigenvalue weighted by Crippen LogP contribution is -2.05. The number of anilines is 2. The number of rotatable bonds is 3. The Labute approximate surface area is 147 Å². The van der Waals surface area contributed by atoms with Crippen LogP contribution in [0.5, 0.6) is 0 Å². The van der Waals surface area contributed by atoms with Crippen LogP contribution in [0.25, 0.3) is 0 Å². The first-order chi connectivity index (χ1) is 11.5. The molecule has 1 saturated carbocycles. The summed E-state index contributed by atoms with van der Waals surface area (Å²) in [5, 5.41) is 3.68. The van der Waals surface area contributed by atoms with E-state index in [-0.39, 0.29) is 0 Å². The van der Waals surface area contributed by atoms with Gasteiger partial charge >= 0.3 is 0 Å². The Morgan fingerprint density at radius 1 is 0.667 bits per heavy atom. The predicted molar refractivity (Wildman–Crippen MR) is 106 cm³/mol. The monoisotopic (exact) mass is 321 g/mol. The molecule has 0 unspecified atom stereocenters. The van der Waals surface area contributed by atoms with Crippen LogP contribution < -0.4 is 5.32 Å². The summed E-state index contributed by atoms with van der Waals surface area (Å²) in [4.78, 5) is 0. The van der Waals surface area contributed by atoms with Crippen LogP contribution in [0.4, 0.5) is 11.4 Å². The predicted octanol–water partition coefficient (Wildman–Crippen LogP) is 7.02. The number of hydrogen-bond donors (Lipinski definition) is 1. The maximum Gasteiger partial charge on any atom is 0.0449 e. The van der Waals surface area contributed by atoms with E-state index in [2.05, 4.69) is 64.2 Å². The molecule has 128 valence electrons. The molecule has 1 N–H and O–H groups in total. The van der Waals surface area contributed by atoms with Crippen LogP contribution in [0, 0.1) is 34.6 Å². The van der Waals surface area contributed by atoms with Crippen molar-refractivity contribution in [3.63, 3.8) is 0 Å². The minimum atomic E-state index is 0.778. The highest BCUT2D eigenvalue weighted by molar-refractivity contribution is 5.71. The normalized spacial score (nSPS) is 15.5. The molecule has 1 heteroatoms. The number of hydrogen-bond acceptors (Lipinski definition) is 1. The zero-order chi connectivity index (χ0) is 17.3. The molecule has 0 amide bonds. The van der Waals surface area contributed by atoms with Crippen LogP contribution in [0.2, 0.25) is 0 Å². The maximum absolute atomic E-state index is 3.68. The van der Waals surface area contributed by atoms with Gasteiger partial charge in [-0.2, -0.15) is 0 Å². The molecule has 2 aromatic rings. The van der Waals surface area contributed by atoms with Crippen LogP contribution in [-0.4, -0.2) is 0 Å². The van der Waals surface area contributed by atoms with Gasteiger partial charge in [0.25, 0.3) is 0 Å². The van der Waals surface area contributed by atoms with E-state index >= 15 is 0 Å². The van der Waals surface area contributed by atoms with Gasteiger partial charge in [-0.05, 0) is 98.9 Å². The van der Waals surface area contributed by atoms with Crippen molar-refractivity contribution in [2.45, 2.75) is 72.6 Å². The lowest BCUT2D eigenvalue weighted by molar-refractivity contribution is 0.443. The smallest absolute Gasteiger partial charge is 0.0449 e. The molecule has 0 aromatic heterocycles. The van der Waals surface area contributed by atoms with Crippen molar-refractivity contribution in [3.8, 4) is 0 Å². The van der Waals surface area contributed by atoms with Crippen molar-refractivity contribution in [2.24, 2.45) is 0 Å². The third-order valence-corrected chi connectivity index (χ3v) is 6.26. The summed E-state index contributed by atoms with van der Waals surface area (Å²) in [5.41, 5.74) is 11.0. The highest BCUT2D eigenvalue weighted by Crippen LogP contribution is 2.35. The second-order valence-corrected chi connectivity index (χ2v) is 7.58. The van der Waals surface area contributed by atoms with Gasteiger partial charge in [0.05, 0.1) is 0 Å². The molecule has 1 aliphatic carbocycles. The van der Waals surface area contributed by atoms with Gasteiger partial charge in [-0.3, -0.25) is 0 Å². The molecule has 0 atom stereocenters. The van der Waals surface area contributed by atoms with Crippen LogP contribution in [0.1, 0.15) is 71.4 Å². The van der Waals surface area contributed by atoms with Gasteiger partial charge in [-0.15, -0.1) is 0 Å². The molecule has 24 heavy (non-hydrogen) atoms. The summed E-state index contributed by atoms with van der Waals surface area (Å²) in [7, 11) is 0. The molecule has 0 heterocycles. The summed E-state index contributed by atoms with van der Waals surface area (Å²) in [6.07, 6.45) is 6.93. The van der Waals surface area contributed by atoms with Gasteiger partial charge in [-0.25, -0.2) is 0 Å². The van der Waals surface area contributed by atoms with E-state index in [1.807, 2.05) is 0 Å². The third-order valence-electron chi connectivity index (χ3n) is 6.26. The van der Waals surface area contributed by atoms with E-state index in [0.717, 1.165) is 5.92 Å². The van der Waals surface area contributed by atoms with E-state index in [9.17, 15) is 0 Å². The Balaban J connectivity index is 1.84. The Morgan fingerprint density at radius 2 is 1.17 bits per heavy atom. The van der Waals surface area contributed by atoms with Gasteiger partial charge in [-0.1, -0.05) is 31.4 Å². The van der Waals surface area contributed by atoms with E-state index < -0.39 is 0 Å². The van der Waals surface area contributed by atoms with Crippen molar-refractivity contribution in [2.75, 3.05) is 5.32 Å². The molecule has 1 nitrogen and oxygen atoms in total. The third kappa shape index (κ3) is 3.22. The summed E-state index contributed by atoms with van der Waals surface area (Å²) < 4.78 is 0. The summed E-state index contributed by atoms with van der Waals surface area (Å²) >= 11 is 0. The average molecular weight is 322 g/mol. The lowest BCUT2D eigenvalue weighted by Gasteiger charge is -2.23. The molecule has 1 fully saturated rings. The fraction of sp³-hybridized carbons (Fsp3) is 0.478. The first kappa shape index (κ1) is 17.1. The van der Waals surface area contributed by atoms with Gasteiger partial charge < -0.3 is 5.32 Å². The molecule has 3 rings (SSSR count). The molecular weight excluding hydrogens is 290 g/mol. The van der Waals surface area contributed by atoms with Gasteiger partial charge in [0.15, 0.2) is 0 Å². The molecule has 0 bridgehead atoms. The zero-order valence-electron chi connectivity index (χ0n) is 15.9. The Kier molecular flexibility index (Phi) is 4.99. The molecule has 0 spiro atoms. The average Bonchev–Trinajstić information content (AvgIpc) is 2.63. The summed E-state index contributed by atoms with van der Waals surface area (Å²) in [6, 6.07) is 9.18. The summed E-state index contributed by atoms with van der Waals surface area (Å²) in [5.74, 6) is 0.778. The highest BCUT2D eigenvalue weighted by atomic mass is 14.9. The zero-order valence-corrected chi connectivity index (χ0v) is 15.9.